The van der Waals surface area contributed by atoms with E-state index in [0.29, 0.717) is 5.92 Å². The topological polar surface area (TPSA) is 50.7 Å². The van der Waals surface area contributed by atoms with Crippen LogP contribution in [-0.4, -0.2) is 22.2 Å². The molecule has 0 saturated heterocycles. The highest BCUT2D eigenvalue weighted by Gasteiger charge is 2.15. The lowest BCUT2D eigenvalue weighted by Gasteiger charge is -1.94. The molecule has 0 saturated carbocycles. The Balaban J connectivity index is 2.39. The average Bonchev–Trinajstić information content (AvgIpc) is 2.83. The minimum absolute atomic E-state index is 0.467. The van der Waals surface area contributed by atoms with Crippen molar-refractivity contribution in [3.63, 3.8) is 0 Å². The number of rotatable bonds is 3. The first kappa shape index (κ1) is 11.5. The number of hydrogen-bond donors (Lipinski definition) is 1. The molecule has 6 heteroatoms. The van der Waals surface area contributed by atoms with Crippen LogP contribution in [0.3, 0.4) is 0 Å². The highest BCUT2D eigenvalue weighted by Crippen LogP contribution is 2.35. The summed E-state index contributed by atoms with van der Waals surface area (Å²) in [6.07, 6.45) is 0. The Morgan fingerprint density at radius 3 is 2.44 bits per heavy atom. The molecule has 16 heavy (non-hydrogen) atoms. The molecule has 0 aliphatic carbocycles. The van der Waals surface area contributed by atoms with Gasteiger partial charge in [-0.2, -0.15) is 0 Å². The van der Waals surface area contributed by atoms with Crippen molar-refractivity contribution in [2.24, 2.45) is 0 Å². The lowest BCUT2D eigenvalue weighted by Crippen LogP contribution is -1.84. The number of aromatic nitrogens is 3. The molecule has 0 aromatic carbocycles. The van der Waals surface area contributed by atoms with Gasteiger partial charge in [-0.3, -0.25) is 0 Å². The zero-order valence-corrected chi connectivity index (χ0v) is 11.4. The molecule has 2 rings (SSSR count). The highest BCUT2D eigenvalue weighted by atomic mass is 32.1. The molecule has 0 spiro atoms. The number of anilines is 1. The molecule has 0 fully saturated rings. The predicted molar refractivity (Wildman–Crippen MR) is 69.4 cm³/mol. The van der Waals surface area contributed by atoms with Gasteiger partial charge in [0.25, 0.3) is 0 Å². The molecule has 1 N–H and O–H groups in total. The zero-order valence-electron chi connectivity index (χ0n) is 9.74. The van der Waals surface area contributed by atoms with E-state index in [1.54, 1.807) is 22.7 Å². The number of aryl methyl sites for hydroxylation is 1. The number of nitrogens with one attached hydrogen (secondary N) is 1. The Labute approximate surface area is 103 Å². The monoisotopic (exact) mass is 254 g/mol. The van der Waals surface area contributed by atoms with E-state index in [-0.39, 0.29) is 0 Å². The third-order valence-corrected chi connectivity index (χ3v) is 4.69. The van der Waals surface area contributed by atoms with Crippen LogP contribution in [0.25, 0.3) is 9.88 Å². The van der Waals surface area contributed by atoms with E-state index >= 15 is 0 Å². The molecular weight excluding hydrogens is 240 g/mol. The second-order valence-electron chi connectivity index (χ2n) is 3.78. The Morgan fingerprint density at radius 1 is 1.19 bits per heavy atom. The highest BCUT2D eigenvalue weighted by molar-refractivity contribution is 7.23. The molecule has 0 aliphatic heterocycles. The predicted octanol–water partition coefficient (Wildman–Crippen LogP) is 3.14. The SMILES string of the molecule is CNc1nnc(-c2sc(C(C)C)nc2C)s1. The molecule has 0 radical (unpaired) electrons. The summed E-state index contributed by atoms with van der Waals surface area (Å²) in [4.78, 5) is 5.70. The fourth-order valence-electron chi connectivity index (χ4n) is 1.28. The van der Waals surface area contributed by atoms with Gasteiger partial charge in [-0.1, -0.05) is 25.2 Å². The first-order chi connectivity index (χ1) is 7.61. The Bertz CT molecular complexity index is 487. The van der Waals surface area contributed by atoms with E-state index in [1.807, 2.05) is 14.0 Å². The van der Waals surface area contributed by atoms with Crippen LogP contribution >= 0.6 is 22.7 Å². The average molecular weight is 254 g/mol. The van der Waals surface area contributed by atoms with Gasteiger partial charge in [0.2, 0.25) is 5.13 Å². The van der Waals surface area contributed by atoms with Crippen LogP contribution in [0, 0.1) is 6.92 Å². The minimum Gasteiger partial charge on any atom is -0.363 e. The van der Waals surface area contributed by atoms with Crippen molar-refractivity contribution in [1.29, 1.82) is 0 Å². The molecule has 0 aliphatic rings. The molecule has 0 amide bonds. The van der Waals surface area contributed by atoms with Crippen molar-refractivity contribution in [2.45, 2.75) is 26.7 Å². The fourth-order valence-corrected chi connectivity index (χ4v) is 3.17. The Kier molecular flexibility index (Phi) is 3.20. The smallest absolute Gasteiger partial charge is 0.205 e. The normalized spacial score (nSPS) is 11.1. The van der Waals surface area contributed by atoms with Crippen LogP contribution < -0.4 is 5.32 Å². The molecule has 0 bridgehead atoms. The number of nitrogens with zero attached hydrogens (tertiary/aromatic N) is 3. The Morgan fingerprint density at radius 2 is 1.94 bits per heavy atom. The second-order valence-corrected chi connectivity index (χ2v) is 5.79. The van der Waals surface area contributed by atoms with Crippen LogP contribution in [0.1, 0.15) is 30.5 Å². The molecular formula is C10H14N4S2. The van der Waals surface area contributed by atoms with Crippen LogP contribution in [0.15, 0.2) is 0 Å². The van der Waals surface area contributed by atoms with E-state index in [4.69, 9.17) is 0 Å². The molecule has 2 heterocycles. The van der Waals surface area contributed by atoms with Crippen molar-refractivity contribution in [1.82, 2.24) is 15.2 Å². The van der Waals surface area contributed by atoms with Gasteiger partial charge in [0.1, 0.15) is 0 Å². The van der Waals surface area contributed by atoms with Gasteiger partial charge in [-0.15, -0.1) is 21.5 Å². The second kappa shape index (κ2) is 4.47. The zero-order chi connectivity index (χ0) is 11.7. The summed E-state index contributed by atoms with van der Waals surface area (Å²) >= 11 is 3.28. The van der Waals surface area contributed by atoms with Gasteiger partial charge in [0.15, 0.2) is 5.01 Å². The lowest BCUT2D eigenvalue weighted by molar-refractivity contribution is 0.847. The maximum absolute atomic E-state index is 4.56. The van der Waals surface area contributed by atoms with Crippen molar-refractivity contribution in [2.75, 3.05) is 12.4 Å². The summed E-state index contributed by atoms with van der Waals surface area (Å²) in [5.41, 5.74) is 1.05. The largest absolute Gasteiger partial charge is 0.363 e. The molecule has 0 atom stereocenters. The summed E-state index contributed by atoms with van der Waals surface area (Å²) < 4.78 is 0. The maximum atomic E-state index is 4.56. The lowest BCUT2D eigenvalue weighted by atomic mass is 10.2. The molecule has 2 aromatic rings. The summed E-state index contributed by atoms with van der Waals surface area (Å²) in [5.74, 6) is 0.467. The third-order valence-electron chi connectivity index (χ3n) is 2.14. The van der Waals surface area contributed by atoms with Crippen molar-refractivity contribution in [3.8, 4) is 9.88 Å². The van der Waals surface area contributed by atoms with Gasteiger partial charge in [0.05, 0.1) is 15.6 Å². The Hall–Kier alpha value is -1.01. The van der Waals surface area contributed by atoms with Crippen molar-refractivity contribution < 1.29 is 0 Å². The molecule has 86 valence electrons. The molecule has 4 nitrogen and oxygen atoms in total. The van der Waals surface area contributed by atoms with Crippen molar-refractivity contribution in [3.05, 3.63) is 10.7 Å². The maximum Gasteiger partial charge on any atom is 0.205 e. The van der Waals surface area contributed by atoms with E-state index in [1.165, 1.54) is 0 Å². The third kappa shape index (κ3) is 2.08. The molecule has 2 aromatic heterocycles. The fraction of sp³-hybridized carbons (Fsp3) is 0.500. The van der Waals surface area contributed by atoms with Crippen LogP contribution in [0.2, 0.25) is 0 Å². The standard InChI is InChI=1S/C10H14N4S2/c1-5(2)8-12-6(3)7(15-8)9-13-14-10(11-4)16-9/h5H,1-4H3,(H,11,14). The summed E-state index contributed by atoms with van der Waals surface area (Å²) in [6, 6.07) is 0. The summed E-state index contributed by atoms with van der Waals surface area (Å²) in [5, 5.41) is 14.2. The van der Waals surface area contributed by atoms with Crippen LogP contribution in [0.4, 0.5) is 5.13 Å². The summed E-state index contributed by atoms with van der Waals surface area (Å²) in [6.45, 7) is 6.33. The van der Waals surface area contributed by atoms with E-state index in [2.05, 4.69) is 34.3 Å². The first-order valence-corrected chi connectivity index (χ1v) is 6.74. The van der Waals surface area contributed by atoms with Gasteiger partial charge in [-0.05, 0) is 6.92 Å². The molecule has 0 unspecified atom stereocenters. The van der Waals surface area contributed by atoms with Gasteiger partial charge < -0.3 is 5.32 Å². The minimum atomic E-state index is 0.467. The van der Waals surface area contributed by atoms with Crippen LogP contribution in [0.5, 0.6) is 0 Å². The van der Waals surface area contributed by atoms with Gasteiger partial charge in [-0.25, -0.2) is 4.98 Å². The number of thiazole rings is 1. The summed E-state index contributed by atoms with van der Waals surface area (Å²) in [7, 11) is 1.85. The van der Waals surface area contributed by atoms with Crippen LogP contribution in [-0.2, 0) is 0 Å². The first-order valence-electron chi connectivity index (χ1n) is 5.10. The van der Waals surface area contributed by atoms with Crippen molar-refractivity contribution >= 4 is 27.8 Å². The van der Waals surface area contributed by atoms with Gasteiger partial charge >= 0.3 is 0 Å². The van der Waals surface area contributed by atoms with Gasteiger partial charge in [0, 0.05) is 13.0 Å². The van der Waals surface area contributed by atoms with E-state index < -0.39 is 0 Å². The quantitative estimate of drug-likeness (QED) is 0.914. The van der Waals surface area contributed by atoms with E-state index in [0.717, 1.165) is 25.7 Å². The number of hydrogen-bond acceptors (Lipinski definition) is 6. The van der Waals surface area contributed by atoms with E-state index in [9.17, 15) is 0 Å².